The highest BCUT2D eigenvalue weighted by molar-refractivity contribution is 7.91. The topological polar surface area (TPSA) is 117 Å². The highest BCUT2D eigenvalue weighted by Gasteiger charge is 2.18. The first kappa shape index (κ1) is 15.6. The van der Waals surface area contributed by atoms with Gasteiger partial charge >= 0.3 is 0 Å². The molecule has 0 bridgehead atoms. The largest absolute Gasteiger partial charge is 0.345 e. The van der Waals surface area contributed by atoms with E-state index < -0.39 is 22.0 Å². The predicted octanol–water partition coefficient (Wildman–Crippen LogP) is 0.330. The van der Waals surface area contributed by atoms with Crippen molar-refractivity contribution in [2.75, 3.05) is 6.54 Å². The first-order valence-electron chi connectivity index (χ1n) is 6.10. The van der Waals surface area contributed by atoms with Crippen molar-refractivity contribution < 1.29 is 13.2 Å². The van der Waals surface area contributed by atoms with Crippen LogP contribution in [-0.2, 0) is 14.8 Å². The summed E-state index contributed by atoms with van der Waals surface area (Å²) < 4.78 is 26.1. The van der Waals surface area contributed by atoms with Gasteiger partial charge in [-0.15, -0.1) is 11.3 Å². The van der Waals surface area contributed by atoms with Gasteiger partial charge in [-0.3, -0.25) is 9.89 Å². The SMILES string of the molecule is Cc1nc([C@@H](C)NC(=O)CNS(=O)(=O)c2cccs2)n[nH]1. The van der Waals surface area contributed by atoms with Gasteiger partial charge in [-0.05, 0) is 25.3 Å². The number of rotatable bonds is 6. The van der Waals surface area contributed by atoms with Gasteiger partial charge in [0, 0.05) is 0 Å². The van der Waals surface area contributed by atoms with Gasteiger partial charge in [-0.25, -0.2) is 18.1 Å². The van der Waals surface area contributed by atoms with Crippen LogP contribution in [0.5, 0.6) is 0 Å². The number of sulfonamides is 1. The molecule has 8 nitrogen and oxygen atoms in total. The van der Waals surface area contributed by atoms with E-state index in [1.165, 1.54) is 6.07 Å². The molecular formula is C11H15N5O3S2. The molecule has 0 aliphatic heterocycles. The van der Waals surface area contributed by atoms with Crippen LogP contribution in [0.4, 0.5) is 0 Å². The first-order valence-corrected chi connectivity index (χ1v) is 8.46. The summed E-state index contributed by atoms with van der Waals surface area (Å²) in [5.74, 6) is 0.636. The highest BCUT2D eigenvalue weighted by Crippen LogP contribution is 2.14. The summed E-state index contributed by atoms with van der Waals surface area (Å²) >= 11 is 1.09. The van der Waals surface area contributed by atoms with E-state index in [-0.39, 0.29) is 10.8 Å². The molecule has 0 aromatic carbocycles. The average Bonchev–Trinajstić information content (AvgIpc) is 3.07. The number of H-pyrrole nitrogens is 1. The molecule has 1 atom stereocenters. The number of hydrogen-bond acceptors (Lipinski definition) is 6. The third-order valence-corrected chi connectivity index (χ3v) is 5.36. The number of aromatic nitrogens is 3. The second kappa shape index (κ2) is 6.33. The lowest BCUT2D eigenvalue weighted by Gasteiger charge is -2.10. The fraction of sp³-hybridized carbons (Fsp3) is 0.364. The van der Waals surface area contributed by atoms with E-state index in [4.69, 9.17) is 0 Å². The molecule has 2 aromatic heterocycles. The molecule has 21 heavy (non-hydrogen) atoms. The van der Waals surface area contributed by atoms with Crippen LogP contribution in [-0.4, -0.2) is 36.1 Å². The van der Waals surface area contributed by atoms with Gasteiger partial charge in [0.1, 0.15) is 10.0 Å². The Hall–Kier alpha value is -1.78. The summed E-state index contributed by atoms with van der Waals surface area (Å²) in [5.41, 5.74) is 0. The van der Waals surface area contributed by atoms with Crippen molar-refractivity contribution in [1.29, 1.82) is 0 Å². The van der Waals surface area contributed by atoms with Gasteiger partial charge < -0.3 is 5.32 Å². The molecule has 2 aromatic rings. The van der Waals surface area contributed by atoms with Crippen LogP contribution in [0.25, 0.3) is 0 Å². The van der Waals surface area contributed by atoms with E-state index in [2.05, 4.69) is 25.2 Å². The van der Waals surface area contributed by atoms with Gasteiger partial charge in [0.05, 0.1) is 12.6 Å². The molecule has 3 N–H and O–H groups in total. The third kappa shape index (κ3) is 4.09. The third-order valence-electron chi connectivity index (χ3n) is 2.56. The van der Waals surface area contributed by atoms with E-state index in [1.54, 1.807) is 25.3 Å². The Labute approximate surface area is 126 Å². The summed E-state index contributed by atoms with van der Waals surface area (Å²) in [6, 6.07) is 2.70. The lowest BCUT2D eigenvalue weighted by atomic mass is 10.3. The predicted molar refractivity (Wildman–Crippen MR) is 77.2 cm³/mol. The second-order valence-electron chi connectivity index (χ2n) is 4.32. The smallest absolute Gasteiger partial charge is 0.250 e. The fourth-order valence-corrected chi connectivity index (χ4v) is 3.58. The zero-order valence-corrected chi connectivity index (χ0v) is 13.1. The van der Waals surface area contributed by atoms with Gasteiger partial charge in [0.2, 0.25) is 5.91 Å². The van der Waals surface area contributed by atoms with Crippen LogP contribution < -0.4 is 10.0 Å². The van der Waals surface area contributed by atoms with Crippen molar-refractivity contribution in [3.05, 3.63) is 29.2 Å². The molecule has 0 unspecified atom stereocenters. The number of aryl methyl sites for hydroxylation is 1. The Morgan fingerprint density at radius 1 is 1.52 bits per heavy atom. The number of thiophene rings is 1. The summed E-state index contributed by atoms with van der Waals surface area (Å²) in [4.78, 5) is 15.8. The molecule has 2 heterocycles. The average molecular weight is 329 g/mol. The van der Waals surface area contributed by atoms with Gasteiger partial charge in [0.15, 0.2) is 5.82 Å². The van der Waals surface area contributed by atoms with E-state index >= 15 is 0 Å². The van der Waals surface area contributed by atoms with Crippen LogP contribution in [0.3, 0.4) is 0 Å². The standard InChI is InChI=1S/C11H15N5O3S2/c1-7(11-14-8(2)15-16-11)13-9(17)6-12-21(18,19)10-4-3-5-20-10/h3-5,7,12H,6H2,1-2H3,(H,13,17)(H,14,15,16)/t7-/m1/s1. The first-order chi connectivity index (χ1) is 9.88. The number of hydrogen-bond donors (Lipinski definition) is 3. The van der Waals surface area contributed by atoms with Crippen molar-refractivity contribution >= 4 is 27.3 Å². The van der Waals surface area contributed by atoms with Crippen molar-refractivity contribution in [3.8, 4) is 0 Å². The summed E-state index contributed by atoms with van der Waals surface area (Å²) in [7, 11) is -3.64. The Kier molecular flexibility index (Phi) is 4.70. The minimum atomic E-state index is -3.64. The lowest BCUT2D eigenvalue weighted by Crippen LogP contribution is -2.38. The van der Waals surface area contributed by atoms with Crippen LogP contribution in [0.15, 0.2) is 21.7 Å². The molecule has 0 radical (unpaired) electrons. The minimum absolute atomic E-state index is 0.174. The summed E-state index contributed by atoms with van der Waals surface area (Å²) in [5, 5.41) is 10.9. The van der Waals surface area contributed by atoms with E-state index in [1.807, 2.05) is 0 Å². The van der Waals surface area contributed by atoms with Crippen LogP contribution in [0.1, 0.15) is 24.6 Å². The molecule has 0 fully saturated rings. The maximum Gasteiger partial charge on any atom is 0.250 e. The minimum Gasteiger partial charge on any atom is -0.345 e. The zero-order valence-electron chi connectivity index (χ0n) is 11.5. The van der Waals surface area contributed by atoms with Gasteiger partial charge in [0.25, 0.3) is 10.0 Å². The Morgan fingerprint density at radius 3 is 2.86 bits per heavy atom. The second-order valence-corrected chi connectivity index (χ2v) is 7.27. The van der Waals surface area contributed by atoms with Crippen LogP contribution >= 0.6 is 11.3 Å². The van der Waals surface area contributed by atoms with Crippen LogP contribution in [0, 0.1) is 6.92 Å². The van der Waals surface area contributed by atoms with Gasteiger partial charge in [-0.2, -0.15) is 5.10 Å². The van der Waals surface area contributed by atoms with E-state index in [9.17, 15) is 13.2 Å². The van der Waals surface area contributed by atoms with Crippen molar-refractivity contribution in [2.45, 2.75) is 24.1 Å². The molecule has 0 aliphatic rings. The Bertz CT molecular complexity index is 708. The molecule has 1 amide bonds. The Morgan fingerprint density at radius 2 is 2.29 bits per heavy atom. The molecule has 114 valence electrons. The molecule has 0 aliphatic carbocycles. The van der Waals surface area contributed by atoms with Crippen LogP contribution in [0.2, 0.25) is 0 Å². The normalized spacial score (nSPS) is 13.0. The molecule has 0 saturated heterocycles. The van der Waals surface area contributed by atoms with Gasteiger partial charge in [-0.1, -0.05) is 6.07 Å². The monoisotopic (exact) mass is 329 g/mol. The van der Waals surface area contributed by atoms with Crippen molar-refractivity contribution in [2.24, 2.45) is 0 Å². The lowest BCUT2D eigenvalue weighted by molar-refractivity contribution is -0.120. The number of carbonyl (C=O) groups is 1. The van der Waals surface area contributed by atoms with Crippen molar-refractivity contribution in [3.63, 3.8) is 0 Å². The number of nitrogens with one attached hydrogen (secondary N) is 3. The number of carbonyl (C=O) groups excluding carboxylic acids is 1. The summed E-state index contributed by atoms with van der Waals surface area (Å²) in [6.45, 7) is 3.13. The number of amides is 1. The summed E-state index contributed by atoms with van der Waals surface area (Å²) in [6.07, 6.45) is 0. The Balaban J connectivity index is 1.88. The van der Waals surface area contributed by atoms with E-state index in [0.717, 1.165) is 11.3 Å². The maximum absolute atomic E-state index is 11.8. The molecule has 2 rings (SSSR count). The molecular weight excluding hydrogens is 314 g/mol. The number of aromatic amines is 1. The number of nitrogens with zero attached hydrogens (tertiary/aromatic N) is 2. The fourth-order valence-electron chi connectivity index (χ4n) is 1.56. The highest BCUT2D eigenvalue weighted by atomic mass is 32.2. The zero-order chi connectivity index (χ0) is 15.5. The molecule has 10 heteroatoms. The maximum atomic E-state index is 11.8. The van der Waals surface area contributed by atoms with E-state index in [0.29, 0.717) is 11.6 Å². The van der Waals surface area contributed by atoms with Crippen molar-refractivity contribution in [1.82, 2.24) is 25.2 Å². The molecule has 0 saturated carbocycles. The quantitative estimate of drug-likeness (QED) is 0.706. The molecule has 0 spiro atoms.